The first kappa shape index (κ1) is 13.4. The van der Waals surface area contributed by atoms with E-state index in [1.165, 1.54) is 18.5 Å². The molecule has 0 spiro atoms. The van der Waals surface area contributed by atoms with Gasteiger partial charge in [-0.05, 0) is 24.5 Å². The van der Waals surface area contributed by atoms with Crippen molar-refractivity contribution in [3.63, 3.8) is 0 Å². The molecule has 1 fully saturated rings. The average Bonchev–Trinajstić information content (AvgIpc) is 2.45. The molecule has 3 nitrogen and oxygen atoms in total. The van der Waals surface area contributed by atoms with Crippen LogP contribution in [0.4, 0.5) is 5.69 Å². The number of para-hydroxylation sites is 1. The highest BCUT2D eigenvalue weighted by molar-refractivity contribution is 5.46. The Morgan fingerprint density at radius 2 is 2.06 bits per heavy atom. The number of piperidine rings is 1. The summed E-state index contributed by atoms with van der Waals surface area (Å²) in [5.41, 5.74) is 1.31. The largest absolute Gasteiger partial charge is 0.395 e. The number of nitrogens with zero attached hydrogens (tertiary/aromatic N) is 1. The highest BCUT2D eigenvalue weighted by Crippen LogP contribution is 2.24. The van der Waals surface area contributed by atoms with Crippen LogP contribution in [-0.4, -0.2) is 37.4 Å². The highest BCUT2D eigenvalue weighted by Gasteiger charge is 2.25. The van der Waals surface area contributed by atoms with Gasteiger partial charge in [-0.1, -0.05) is 31.5 Å². The fourth-order valence-electron chi connectivity index (χ4n) is 2.77. The Bertz CT molecular complexity index is 342. The molecular weight excluding hydrogens is 224 g/mol. The number of nitrogens with one attached hydrogen (secondary N) is 1. The number of anilines is 1. The molecule has 3 heteroatoms. The third-order valence-electron chi connectivity index (χ3n) is 3.78. The van der Waals surface area contributed by atoms with Crippen LogP contribution in [0.3, 0.4) is 0 Å². The summed E-state index contributed by atoms with van der Waals surface area (Å²) in [4.78, 5) is 2.46. The molecule has 2 unspecified atom stereocenters. The molecule has 1 aliphatic heterocycles. The number of benzene rings is 1. The van der Waals surface area contributed by atoms with Crippen molar-refractivity contribution in [2.45, 2.75) is 25.8 Å². The van der Waals surface area contributed by atoms with Gasteiger partial charge in [-0.2, -0.15) is 0 Å². The highest BCUT2D eigenvalue weighted by atomic mass is 16.3. The quantitative estimate of drug-likeness (QED) is 0.835. The fourth-order valence-corrected chi connectivity index (χ4v) is 2.77. The van der Waals surface area contributed by atoms with Crippen LogP contribution in [-0.2, 0) is 0 Å². The summed E-state index contributed by atoms with van der Waals surface area (Å²) >= 11 is 0. The minimum atomic E-state index is 0.221. The van der Waals surface area contributed by atoms with E-state index in [9.17, 15) is 0 Å². The molecule has 2 atom stereocenters. The van der Waals surface area contributed by atoms with E-state index < -0.39 is 0 Å². The van der Waals surface area contributed by atoms with Crippen molar-refractivity contribution in [1.29, 1.82) is 0 Å². The summed E-state index contributed by atoms with van der Waals surface area (Å²) in [6, 6.07) is 11.1. The van der Waals surface area contributed by atoms with Gasteiger partial charge in [0.15, 0.2) is 0 Å². The number of rotatable bonds is 5. The normalized spacial score (nSPS) is 24.2. The van der Waals surface area contributed by atoms with Gasteiger partial charge in [-0.15, -0.1) is 0 Å². The number of aliphatic hydroxyl groups excluding tert-OH is 1. The Morgan fingerprint density at radius 1 is 1.28 bits per heavy atom. The van der Waals surface area contributed by atoms with Crippen LogP contribution in [0.25, 0.3) is 0 Å². The lowest BCUT2D eigenvalue weighted by molar-refractivity contribution is 0.265. The Hall–Kier alpha value is -1.06. The molecule has 2 N–H and O–H groups in total. The zero-order chi connectivity index (χ0) is 12.8. The summed E-state index contributed by atoms with van der Waals surface area (Å²) in [5, 5.41) is 12.4. The van der Waals surface area contributed by atoms with Gasteiger partial charge in [0.25, 0.3) is 0 Å². The molecular formula is C15H24N2O. The summed E-state index contributed by atoms with van der Waals surface area (Å²) < 4.78 is 0. The standard InChI is InChI=1S/C15H24N2O/c1-2-13-10-14(16-8-9-18)12-17(11-13)15-6-4-3-5-7-15/h3-7,13-14,16,18H,2,8-12H2,1H3. The minimum Gasteiger partial charge on any atom is -0.395 e. The third kappa shape index (κ3) is 3.47. The molecule has 0 saturated carbocycles. The Labute approximate surface area is 110 Å². The molecule has 2 rings (SSSR count). The van der Waals surface area contributed by atoms with E-state index >= 15 is 0 Å². The fraction of sp³-hybridized carbons (Fsp3) is 0.600. The van der Waals surface area contributed by atoms with Crippen LogP contribution in [0.15, 0.2) is 30.3 Å². The second-order valence-corrected chi connectivity index (χ2v) is 5.13. The van der Waals surface area contributed by atoms with Gasteiger partial charge in [-0.3, -0.25) is 0 Å². The van der Waals surface area contributed by atoms with E-state index in [-0.39, 0.29) is 6.61 Å². The van der Waals surface area contributed by atoms with Crippen molar-refractivity contribution in [3.05, 3.63) is 30.3 Å². The van der Waals surface area contributed by atoms with Crippen LogP contribution in [0.1, 0.15) is 19.8 Å². The Balaban J connectivity index is 2.01. The maximum atomic E-state index is 8.93. The van der Waals surface area contributed by atoms with Crippen molar-refractivity contribution in [2.24, 2.45) is 5.92 Å². The molecule has 18 heavy (non-hydrogen) atoms. The first-order valence-electron chi connectivity index (χ1n) is 6.97. The molecule has 0 amide bonds. The van der Waals surface area contributed by atoms with E-state index in [0.29, 0.717) is 12.6 Å². The van der Waals surface area contributed by atoms with Gasteiger partial charge in [0.1, 0.15) is 0 Å². The third-order valence-corrected chi connectivity index (χ3v) is 3.78. The molecule has 0 aliphatic carbocycles. The Morgan fingerprint density at radius 3 is 2.72 bits per heavy atom. The van der Waals surface area contributed by atoms with Gasteiger partial charge in [0.05, 0.1) is 6.61 Å². The maximum Gasteiger partial charge on any atom is 0.0556 e. The van der Waals surface area contributed by atoms with Gasteiger partial charge < -0.3 is 15.3 Å². The number of aliphatic hydroxyl groups is 1. The lowest BCUT2D eigenvalue weighted by Gasteiger charge is -2.39. The molecule has 1 aromatic carbocycles. The molecule has 0 aromatic heterocycles. The lowest BCUT2D eigenvalue weighted by Crippen LogP contribution is -2.49. The van der Waals surface area contributed by atoms with Crippen molar-refractivity contribution < 1.29 is 5.11 Å². The van der Waals surface area contributed by atoms with Crippen LogP contribution in [0.2, 0.25) is 0 Å². The molecule has 1 saturated heterocycles. The van der Waals surface area contributed by atoms with E-state index in [4.69, 9.17) is 5.11 Å². The van der Waals surface area contributed by atoms with Gasteiger partial charge in [0, 0.05) is 31.4 Å². The molecule has 1 aliphatic rings. The van der Waals surface area contributed by atoms with Crippen molar-refractivity contribution >= 4 is 5.69 Å². The smallest absolute Gasteiger partial charge is 0.0556 e. The molecule has 1 aromatic rings. The SMILES string of the molecule is CCC1CC(NCCO)CN(c2ccccc2)C1. The topological polar surface area (TPSA) is 35.5 Å². The maximum absolute atomic E-state index is 8.93. The monoisotopic (exact) mass is 248 g/mol. The second kappa shape index (κ2) is 6.76. The average molecular weight is 248 g/mol. The zero-order valence-corrected chi connectivity index (χ0v) is 11.2. The molecule has 0 bridgehead atoms. The van der Waals surface area contributed by atoms with Crippen LogP contribution >= 0.6 is 0 Å². The molecule has 1 heterocycles. The summed E-state index contributed by atoms with van der Waals surface area (Å²) in [7, 11) is 0. The summed E-state index contributed by atoms with van der Waals surface area (Å²) in [6.45, 7) is 5.38. The summed E-state index contributed by atoms with van der Waals surface area (Å²) in [5.74, 6) is 0.746. The van der Waals surface area contributed by atoms with E-state index in [1.807, 2.05) is 0 Å². The van der Waals surface area contributed by atoms with Gasteiger partial charge in [-0.25, -0.2) is 0 Å². The first-order chi connectivity index (χ1) is 8.83. The Kier molecular flexibility index (Phi) is 5.02. The van der Waals surface area contributed by atoms with E-state index in [1.54, 1.807) is 0 Å². The predicted molar refractivity (Wildman–Crippen MR) is 75.9 cm³/mol. The minimum absolute atomic E-state index is 0.221. The van der Waals surface area contributed by atoms with Crippen molar-refractivity contribution in [2.75, 3.05) is 31.1 Å². The second-order valence-electron chi connectivity index (χ2n) is 5.13. The van der Waals surface area contributed by atoms with E-state index in [2.05, 4.69) is 47.5 Å². The summed E-state index contributed by atoms with van der Waals surface area (Å²) in [6.07, 6.45) is 2.44. The zero-order valence-electron chi connectivity index (χ0n) is 11.2. The van der Waals surface area contributed by atoms with Crippen LogP contribution in [0, 0.1) is 5.92 Å². The predicted octanol–water partition coefficient (Wildman–Crippen LogP) is 1.87. The van der Waals surface area contributed by atoms with Crippen LogP contribution in [0.5, 0.6) is 0 Å². The number of hydrogen-bond donors (Lipinski definition) is 2. The molecule has 0 radical (unpaired) electrons. The molecule has 100 valence electrons. The van der Waals surface area contributed by atoms with E-state index in [0.717, 1.165) is 19.0 Å². The number of hydrogen-bond acceptors (Lipinski definition) is 3. The first-order valence-corrected chi connectivity index (χ1v) is 6.97. The van der Waals surface area contributed by atoms with Crippen molar-refractivity contribution in [3.8, 4) is 0 Å². The van der Waals surface area contributed by atoms with Gasteiger partial charge >= 0.3 is 0 Å². The lowest BCUT2D eigenvalue weighted by atomic mass is 9.91. The van der Waals surface area contributed by atoms with Crippen molar-refractivity contribution in [1.82, 2.24) is 5.32 Å². The van der Waals surface area contributed by atoms with Crippen LogP contribution < -0.4 is 10.2 Å². The van der Waals surface area contributed by atoms with Gasteiger partial charge in [0.2, 0.25) is 0 Å².